The van der Waals surface area contributed by atoms with Gasteiger partial charge in [0.1, 0.15) is 5.75 Å². The summed E-state index contributed by atoms with van der Waals surface area (Å²) in [5.41, 5.74) is -0.0958. The lowest BCUT2D eigenvalue weighted by molar-refractivity contribution is 0.0695. The Hall–Kier alpha value is -1.53. The molecule has 0 heterocycles. The monoisotopic (exact) mass is 356 g/mol. The van der Waals surface area contributed by atoms with E-state index in [-0.39, 0.29) is 10.0 Å². The molecular weight excluding hydrogens is 347 g/mol. The number of benzene rings is 2. The van der Waals surface area contributed by atoms with Gasteiger partial charge in [0.15, 0.2) is 5.82 Å². The van der Waals surface area contributed by atoms with Gasteiger partial charge in [0.05, 0.1) is 17.1 Å². The van der Waals surface area contributed by atoms with Crippen LogP contribution in [0.4, 0.5) is 4.39 Å². The Kier molecular flexibility index (Phi) is 4.67. The van der Waals surface area contributed by atoms with Crippen LogP contribution in [0.5, 0.6) is 5.75 Å². The fraction of sp³-hybridized carbons (Fsp3) is 0.0714. The van der Waals surface area contributed by atoms with Crippen molar-refractivity contribution in [3.05, 3.63) is 52.3 Å². The maximum Gasteiger partial charge on any atom is 0.336 e. The van der Waals surface area contributed by atoms with Crippen molar-refractivity contribution in [3.63, 3.8) is 0 Å². The van der Waals surface area contributed by atoms with Crippen molar-refractivity contribution in [1.82, 2.24) is 0 Å². The molecule has 0 unspecified atom stereocenters. The molecule has 0 atom stereocenters. The van der Waals surface area contributed by atoms with E-state index in [1.807, 2.05) is 12.1 Å². The van der Waals surface area contributed by atoms with E-state index in [1.165, 1.54) is 23.9 Å². The molecule has 0 saturated heterocycles. The lowest BCUT2D eigenvalue weighted by Gasteiger charge is -2.07. The number of hydrogen-bond donors (Lipinski definition) is 1. The van der Waals surface area contributed by atoms with E-state index in [4.69, 9.17) is 9.84 Å². The van der Waals surface area contributed by atoms with E-state index in [1.54, 1.807) is 19.2 Å². The number of carboxylic acid groups (broad SMARTS) is 1. The largest absolute Gasteiger partial charge is 0.497 e. The van der Waals surface area contributed by atoms with Crippen molar-refractivity contribution >= 4 is 33.7 Å². The summed E-state index contributed by atoms with van der Waals surface area (Å²) in [4.78, 5) is 12.1. The van der Waals surface area contributed by atoms with Crippen LogP contribution < -0.4 is 4.74 Å². The van der Waals surface area contributed by atoms with E-state index < -0.39 is 11.8 Å². The van der Waals surface area contributed by atoms with Gasteiger partial charge in [-0.25, -0.2) is 9.18 Å². The summed E-state index contributed by atoms with van der Waals surface area (Å²) in [6.45, 7) is 0. The molecule has 0 aliphatic rings. The molecule has 0 fully saturated rings. The van der Waals surface area contributed by atoms with Crippen LogP contribution in [-0.2, 0) is 0 Å². The first-order valence-electron chi connectivity index (χ1n) is 5.56. The van der Waals surface area contributed by atoms with Gasteiger partial charge in [0, 0.05) is 9.79 Å². The Morgan fingerprint density at radius 3 is 2.45 bits per heavy atom. The minimum atomic E-state index is -1.17. The number of methoxy groups -OCH3 is 1. The number of hydrogen-bond acceptors (Lipinski definition) is 3. The third kappa shape index (κ3) is 3.13. The molecule has 1 N–H and O–H groups in total. The molecule has 2 aromatic carbocycles. The molecule has 0 amide bonds. The van der Waals surface area contributed by atoms with Gasteiger partial charge in [-0.15, -0.1) is 0 Å². The Labute approximate surface area is 127 Å². The Balaban J connectivity index is 2.29. The van der Waals surface area contributed by atoms with Gasteiger partial charge in [0.2, 0.25) is 0 Å². The first-order valence-corrected chi connectivity index (χ1v) is 7.17. The van der Waals surface area contributed by atoms with Crippen LogP contribution in [0.3, 0.4) is 0 Å². The predicted octanol–water partition coefficient (Wildman–Crippen LogP) is 4.45. The molecule has 0 aliphatic carbocycles. The van der Waals surface area contributed by atoms with Crippen molar-refractivity contribution in [1.29, 1.82) is 0 Å². The van der Waals surface area contributed by atoms with Gasteiger partial charge in [-0.05, 0) is 52.3 Å². The maximum absolute atomic E-state index is 14.1. The molecule has 0 aliphatic heterocycles. The molecule has 104 valence electrons. The number of ether oxygens (including phenoxy) is 1. The van der Waals surface area contributed by atoms with Crippen LogP contribution in [0.15, 0.2) is 50.7 Å². The molecule has 3 nitrogen and oxygen atoms in total. The van der Waals surface area contributed by atoms with Crippen LogP contribution in [0.1, 0.15) is 10.4 Å². The summed E-state index contributed by atoms with van der Waals surface area (Å²) in [7, 11) is 1.57. The number of halogens is 2. The highest BCUT2D eigenvalue weighted by molar-refractivity contribution is 9.10. The molecule has 0 spiro atoms. The summed E-state index contributed by atoms with van der Waals surface area (Å²) < 4.78 is 19.1. The summed E-state index contributed by atoms with van der Waals surface area (Å²) in [5, 5.41) is 8.91. The second-order valence-electron chi connectivity index (χ2n) is 3.82. The highest BCUT2D eigenvalue weighted by Gasteiger charge is 2.16. The van der Waals surface area contributed by atoms with Crippen molar-refractivity contribution in [3.8, 4) is 5.75 Å². The molecule has 2 aromatic rings. The van der Waals surface area contributed by atoms with E-state index in [9.17, 15) is 9.18 Å². The smallest absolute Gasteiger partial charge is 0.336 e. The zero-order chi connectivity index (χ0) is 14.7. The van der Waals surface area contributed by atoms with Crippen LogP contribution in [0.2, 0.25) is 0 Å². The highest BCUT2D eigenvalue weighted by atomic mass is 79.9. The second-order valence-corrected chi connectivity index (χ2v) is 5.73. The second kappa shape index (κ2) is 6.28. The Bertz CT molecular complexity index is 644. The molecular formula is C14H10BrFO3S. The quantitative estimate of drug-likeness (QED) is 0.879. The minimum absolute atomic E-state index is 0.0384. The number of carboxylic acids is 1. The lowest BCUT2D eigenvalue weighted by Crippen LogP contribution is -2.00. The molecule has 6 heteroatoms. The van der Waals surface area contributed by atoms with E-state index in [0.29, 0.717) is 4.90 Å². The lowest BCUT2D eigenvalue weighted by atomic mass is 10.2. The van der Waals surface area contributed by atoms with E-state index >= 15 is 0 Å². The van der Waals surface area contributed by atoms with Crippen LogP contribution in [0.25, 0.3) is 0 Å². The normalized spacial score (nSPS) is 10.3. The maximum atomic E-state index is 14.1. The third-order valence-corrected chi connectivity index (χ3v) is 4.38. The van der Waals surface area contributed by atoms with Gasteiger partial charge in [-0.1, -0.05) is 11.8 Å². The van der Waals surface area contributed by atoms with Gasteiger partial charge in [-0.2, -0.15) is 0 Å². The number of rotatable bonds is 4. The average molecular weight is 357 g/mol. The van der Waals surface area contributed by atoms with Crippen LogP contribution in [-0.4, -0.2) is 18.2 Å². The van der Waals surface area contributed by atoms with Gasteiger partial charge >= 0.3 is 5.97 Å². The molecule has 0 radical (unpaired) electrons. The van der Waals surface area contributed by atoms with Gasteiger partial charge in [-0.3, -0.25) is 0 Å². The summed E-state index contributed by atoms with van der Waals surface area (Å²) in [5.74, 6) is -1.03. The van der Waals surface area contributed by atoms with Crippen molar-refractivity contribution in [2.24, 2.45) is 0 Å². The highest BCUT2D eigenvalue weighted by Crippen LogP contribution is 2.35. The fourth-order valence-corrected chi connectivity index (χ4v) is 3.05. The predicted molar refractivity (Wildman–Crippen MR) is 78.2 cm³/mol. The topological polar surface area (TPSA) is 46.5 Å². The van der Waals surface area contributed by atoms with Crippen molar-refractivity contribution < 1.29 is 19.0 Å². The van der Waals surface area contributed by atoms with Gasteiger partial charge in [0.25, 0.3) is 0 Å². The third-order valence-electron chi connectivity index (χ3n) is 2.56. The summed E-state index contributed by atoms with van der Waals surface area (Å²) in [6.07, 6.45) is 0. The number of carbonyl (C=O) groups is 1. The first-order chi connectivity index (χ1) is 9.52. The SMILES string of the molecule is COc1ccc(Sc2ccc(C(=O)O)c(Br)c2F)cc1. The molecule has 0 bridgehead atoms. The fourth-order valence-electron chi connectivity index (χ4n) is 1.55. The average Bonchev–Trinajstić information content (AvgIpc) is 2.44. The molecule has 2 rings (SSSR count). The van der Waals surface area contributed by atoms with Crippen molar-refractivity contribution in [2.45, 2.75) is 9.79 Å². The number of aromatic carboxylic acids is 1. The summed E-state index contributed by atoms with van der Waals surface area (Å²) in [6, 6.07) is 10.0. The first kappa shape index (κ1) is 14.9. The van der Waals surface area contributed by atoms with Crippen LogP contribution in [0, 0.1) is 5.82 Å². The standard InChI is InChI=1S/C14H10BrFO3S/c1-19-8-2-4-9(5-3-8)20-11-7-6-10(14(17)18)12(15)13(11)16/h2-7H,1H3,(H,17,18). The zero-order valence-electron chi connectivity index (χ0n) is 10.4. The van der Waals surface area contributed by atoms with Crippen LogP contribution >= 0.6 is 27.7 Å². The van der Waals surface area contributed by atoms with Crippen molar-refractivity contribution in [2.75, 3.05) is 7.11 Å². The zero-order valence-corrected chi connectivity index (χ0v) is 12.8. The summed E-state index contributed by atoms with van der Waals surface area (Å²) >= 11 is 4.19. The molecule has 0 aromatic heterocycles. The minimum Gasteiger partial charge on any atom is -0.497 e. The van der Waals surface area contributed by atoms with E-state index in [0.717, 1.165) is 10.6 Å². The molecule has 20 heavy (non-hydrogen) atoms. The van der Waals surface area contributed by atoms with Gasteiger partial charge < -0.3 is 9.84 Å². The van der Waals surface area contributed by atoms with E-state index in [2.05, 4.69) is 15.9 Å². The Morgan fingerprint density at radius 1 is 1.25 bits per heavy atom. The Morgan fingerprint density at radius 2 is 1.90 bits per heavy atom. The molecule has 0 saturated carbocycles.